The summed E-state index contributed by atoms with van der Waals surface area (Å²) in [4.78, 5) is 2.29. The van der Waals surface area contributed by atoms with Crippen LogP contribution < -0.4 is 5.73 Å². The zero-order valence-electron chi connectivity index (χ0n) is 8.95. The van der Waals surface area contributed by atoms with E-state index in [0.717, 1.165) is 22.7 Å². The van der Waals surface area contributed by atoms with E-state index in [1.165, 1.54) is 12.8 Å². The molecule has 0 spiro atoms. The molecule has 0 saturated heterocycles. The van der Waals surface area contributed by atoms with Crippen LogP contribution in [0.3, 0.4) is 0 Å². The molecule has 1 aliphatic carbocycles. The summed E-state index contributed by atoms with van der Waals surface area (Å²) in [6.07, 6.45) is 4.43. The van der Waals surface area contributed by atoms with E-state index in [9.17, 15) is 0 Å². The van der Waals surface area contributed by atoms with Crippen molar-refractivity contribution in [3.63, 3.8) is 0 Å². The second-order valence-corrected chi connectivity index (χ2v) is 5.12. The Hall–Kier alpha value is -0.320. The van der Waals surface area contributed by atoms with Gasteiger partial charge in [0.05, 0.1) is 16.8 Å². The summed E-state index contributed by atoms with van der Waals surface area (Å²) in [6, 6.07) is 2.11. The average Bonchev–Trinajstić information content (AvgIpc) is 2.91. The number of hydrogen-bond donors (Lipinski definition) is 1. The second-order valence-electron chi connectivity index (χ2n) is 4.27. The lowest BCUT2D eigenvalue weighted by Gasteiger charge is -2.25. The second kappa shape index (κ2) is 4.68. The van der Waals surface area contributed by atoms with E-state index in [0.29, 0.717) is 6.54 Å². The minimum Gasteiger partial charge on any atom is -0.466 e. The molecule has 84 valence electrons. The van der Waals surface area contributed by atoms with E-state index in [4.69, 9.17) is 10.2 Å². The zero-order valence-corrected chi connectivity index (χ0v) is 10.5. The van der Waals surface area contributed by atoms with Crippen LogP contribution in [0.2, 0.25) is 0 Å². The van der Waals surface area contributed by atoms with Crippen LogP contribution in [0.25, 0.3) is 0 Å². The average molecular weight is 273 g/mol. The van der Waals surface area contributed by atoms with Crippen LogP contribution in [0.5, 0.6) is 0 Å². The molecule has 0 amide bonds. The maximum absolute atomic E-state index is 5.81. The molecule has 0 aromatic carbocycles. The smallest absolute Gasteiger partial charge is 0.136 e. The molecule has 15 heavy (non-hydrogen) atoms. The van der Waals surface area contributed by atoms with Crippen molar-refractivity contribution in [3.8, 4) is 0 Å². The van der Waals surface area contributed by atoms with Crippen molar-refractivity contribution in [3.05, 3.63) is 22.6 Å². The molecule has 1 aromatic rings. The number of likely N-dealkylation sites (N-methyl/N-ethyl adjacent to an activating group) is 1. The fraction of sp³-hybridized carbons (Fsp3) is 0.636. The molecule has 4 heteroatoms. The fourth-order valence-electron chi connectivity index (χ4n) is 1.87. The SMILES string of the molecule is CN(CC1CC1)C(CN)c1occc1Br. The van der Waals surface area contributed by atoms with Gasteiger partial charge in [-0.3, -0.25) is 4.90 Å². The van der Waals surface area contributed by atoms with E-state index in [-0.39, 0.29) is 6.04 Å². The predicted molar refractivity (Wildman–Crippen MR) is 63.6 cm³/mol. The summed E-state index contributed by atoms with van der Waals surface area (Å²) in [6.45, 7) is 1.71. The summed E-state index contributed by atoms with van der Waals surface area (Å²) >= 11 is 3.48. The largest absolute Gasteiger partial charge is 0.466 e. The van der Waals surface area contributed by atoms with Gasteiger partial charge in [0.1, 0.15) is 5.76 Å². The first-order valence-corrected chi connectivity index (χ1v) is 6.15. The Morgan fingerprint density at radius 1 is 1.67 bits per heavy atom. The highest BCUT2D eigenvalue weighted by atomic mass is 79.9. The third kappa shape index (κ3) is 2.62. The lowest BCUT2D eigenvalue weighted by Crippen LogP contribution is -2.32. The molecule has 1 aliphatic rings. The van der Waals surface area contributed by atoms with Crippen molar-refractivity contribution in [2.45, 2.75) is 18.9 Å². The van der Waals surface area contributed by atoms with E-state index in [1.807, 2.05) is 6.07 Å². The number of nitrogens with zero attached hydrogens (tertiary/aromatic N) is 1. The molecule has 1 aromatic heterocycles. The van der Waals surface area contributed by atoms with Gasteiger partial charge in [0.25, 0.3) is 0 Å². The fourth-order valence-corrected chi connectivity index (χ4v) is 2.33. The first kappa shape index (κ1) is 11.2. The lowest BCUT2D eigenvalue weighted by molar-refractivity contribution is 0.211. The minimum absolute atomic E-state index is 0.190. The van der Waals surface area contributed by atoms with Crippen LogP contribution in [0, 0.1) is 5.92 Å². The maximum Gasteiger partial charge on any atom is 0.136 e. The number of nitrogens with two attached hydrogens (primary N) is 1. The monoisotopic (exact) mass is 272 g/mol. The standard InChI is InChI=1S/C11H17BrN2O/c1-14(7-8-2-3-8)10(6-13)11-9(12)4-5-15-11/h4-5,8,10H,2-3,6-7,13H2,1H3. The third-order valence-corrected chi connectivity index (χ3v) is 3.60. The van der Waals surface area contributed by atoms with Crippen molar-refractivity contribution in [1.82, 2.24) is 4.90 Å². The summed E-state index contributed by atoms with van der Waals surface area (Å²) in [5, 5.41) is 0. The van der Waals surface area contributed by atoms with E-state index in [1.54, 1.807) is 6.26 Å². The molecule has 1 heterocycles. The topological polar surface area (TPSA) is 42.4 Å². The first-order valence-electron chi connectivity index (χ1n) is 5.35. The van der Waals surface area contributed by atoms with Crippen molar-refractivity contribution < 1.29 is 4.42 Å². The highest BCUT2D eigenvalue weighted by molar-refractivity contribution is 9.10. The quantitative estimate of drug-likeness (QED) is 0.895. The van der Waals surface area contributed by atoms with Gasteiger partial charge in [-0.2, -0.15) is 0 Å². The van der Waals surface area contributed by atoms with Crippen molar-refractivity contribution in [1.29, 1.82) is 0 Å². The molecule has 0 bridgehead atoms. The molecule has 1 unspecified atom stereocenters. The molecule has 1 fully saturated rings. The van der Waals surface area contributed by atoms with Gasteiger partial charge in [0, 0.05) is 13.1 Å². The maximum atomic E-state index is 5.81. The minimum atomic E-state index is 0.190. The molecule has 1 atom stereocenters. The summed E-state index contributed by atoms with van der Waals surface area (Å²) < 4.78 is 6.49. The van der Waals surface area contributed by atoms with Gasteiger partial charge in [-0.25, -0.2) is 0 Å². The Labute approximate surface area is 98.7 Å². The van der Waals surface area contributed by atoms with Gasteiger partial charge in [-0.05, 0) is 47.8 Å². The van der Waals surface area contributed by atoms with Gasteiger partial charge in [0.2, 0.25) is 0 Å². The van der Waals surface area contributed by atoms with E-state index in [2.05, 4.69) is 27.9 Å². The van der Waals surface area contributed by atoms with Crippen LogP contribution in [0.15, 0.2) is 21.2 Å². The normalized spacial score (nSPS) is 18.4. The van der Waals surface area contributed by atoms with Crippen LogP contribution >= 0.6 is 15.9 Å². The summed E-state index contributed by atoms with van der Waals surface area (Å²) in [5.41, 5.74) is 5.81. The first-order chi connectivity index (χ1) is 7.22. The summed E-state index contributed by atoms with van der Waals surface area (Å²) in [7, 11) is 2.12. The number of furan rings is 1. The van der Waals surface area contributed by atoms with Gasteiger partial charge >= 0.3 is 0 Å². The molecule has 3 nitrogen and oxygen atoms in total. The lowest BCUT2D eigenvalue weighted by atomic mass is 10.2. The number of rotatable bonds is 5. The molecular formula is C11H17BrN2O. The Bertz CT molecular complexity index is 322. The van der Waals surface area contributed by atoms with E-state index >= 15 is 0 Å². The molecule has 2 N–H and O–H groups in total. The van der Waals surface area contributed by atoms with Crippen LogP contribution in [0.4, 0.5) is 0 Å². The highest BCUT2D eigenvalue weighted by Gasteiger charge is 2.28. The molecule has 2 rings (SSSR count). The molecule has 0 aliphatic heterocycles. The molecule has 1 saturated carbocycles. The third-order valence-electron chi connectivity index (χ3n) is 2.95. The van der Waals surface area contributed by atoms with Gasteiger partial charge < -0.3 is 10.2 Å². The van der Waals surface area contributed by atoms with Crippen LogP contribution in [-0.2, 0) is 0 Å². The van der Waals surface area contributed by atoms with Gasteiger partial charge in [0.15, 0.2) is 0 Å². The number of halogens is 1. The van der Waals surface area contributed by atoms with Crippen LogP contribution in [0.1, 0.15) is 24.6 Å². The Morgan fingerprint density at radius 2 is 2.40 bits per heavy atom. The molecular weight excluding hydrogens is 256 g/mol. The molecule has 0 radical (unpaired) electrons. The van der Waals surface area contributed by atoms with Crippen LogP contribution in [-0.4, -0.2) is 25.0 Å². The van der Waals surface area contributed by atoms with Gasteiger partial charge in [-0.15, -0.1) is 0 Å². The van der Waals surface area contributed by atoms with Gasteiger partial charge in [-0.1, -0.05) is 0 Å². The Morgan fingerprint density at radius 3 is 2.87 bits per heavy atom. The van der Waals surface area contributed by atoms with E-state index < -0.39 is 0 Å². The highest BCUT2D eigenvalue weighted by Crippen LogP contribution is 2.33. The predicted octanol–water partition coefficient (Wildman–Crippen LogP) is 2.38. The Balaban J connectivity index is 2.05. The zero-order chi connectivity index (χ0) is 10.8. The Kier molecular flexibility index (Phi) is 3.49. The summed E-state index contributed by atoms with van der Waals surface area (Å²) in [5.74, 6) is 1.82. The van der Waals surface area contributed by atoms with Crippen molar-refractivity contribution in [2.75, 3.05) is 20.1 Å². The van der Waals surface area contributed by atoms with Crippen molar-refractivity contribution in [2.24, 2.45) is 11.7 Å². The number of hydrogen-bond acceptors (Lipinski definition) is 3. The van der Waals surface area contributed by atoms with Crippen molar-refractivity contribution >= 4 is 15.9 Å².